The van der Waals surface area contributed by atoms with Crippen molar-refractivity contribution in [2.24, 2.45) is 5.73 Å². The number of amides is 4. The summed E-state index contributed by atoms with van der Waals surface area (Å²) in [7, 11) is 2.70. The monoisotopic (exact) mass is 1260 g/mol. The number of esters is 1. The predicted octanol–water partition coefficient (Wildman–Crippen LogP) is 19.7. The summed E-state index contributed by atoms with van der Waals surface area (Å²) in [6.07, 6.45) is -0.480. The molecule has 0 aliphatic rings. The van der Waals surface area contributed by atoms with E-state index >= 15 is 0 Å². The Morgan fingerprint density at radius 3 is 0.851 bits per heavy atom. The van der Waals surface area contributed by atoms with Crippen LogP contribution in [0.1, 0.15) is 69.1 Å². The van der Waals surface area contributed by atoms with Crippen LogP contribution in [0.2, 0.25) is 0 Å². The van der Waals surface area contributed by atoms with Gasteiger partial charge in [0.05, 0.1) is 26.4 Å². The Balaban J connectivity index is 0.000000160. The van der Waals surface area contributed by atoms with E-state index in [1.165, 1.54) is 21.1 Å². The van der Waals surface area contributed by atoms with Crippen molar-refractivity contribution < 1.29 is 59.9 Å². The highest BCUT2D eigenvalue weighted by atomic mass is 16.5. The Hall–Kier alpha value is -12.4. The first-order chi connectivity index (χ1) is 45.1. The number of methoxy groups -OCH3 is 2. The van der Waals surface area contributed by atoms with Gasteiger partial charge in [-0.2, -0.15) is 0 Å². The quantitative estimate of drug-likeness (QED) is 0.0535. The molecule has 478 valence electrons. The maximum Gasteiger partial charge on any atom is 0.411 e. The number of carbonyl (C=O) groups is 5. The number of nitrogens with one attached hydrogen (secondary N) is 3. The third-order valence-electron chi connectivity index (χ3n) is 13.4. The van der Waals surface area contributed by atoms with Crippen molar-refractivity contribution in [3.63, 3.8) is 0 Å². The van der Waals surface area contributed by atoms with Crippen molar-refractivity contribution in [3.8, 4) is 67.9 Å². The Morgan fingerprint density at radius 2 is 0.617 bits per heavy atom. The van der Waals surface area contributed by atoms with Crippen LogP contribution in [-0.4, -0.2) is 44.0 Å². The zero-order valence-corrected chi connectivity index (χ0v) is 53.6. The van der Waals surface area contributed by atoms with Crippen LogP contribution in [-0.2, 0) is 14.3 Å². The van der Waals surface area contributed by atoms with E-state index in [0.29, 0.717) is 22.6 Å². The van der Waals surface area contributed by atoms with Crippen molar-refractivity contribution in [1.82, 2.24) is 0 Å². The highest BCUT2D eigenvalue weighted by molar-refractivity contribution is 5.94. The molecule has 0 saturated carbocycles. The van der Waals surface area contributed by atoms with E-state index in [-0.39, 0.29) is 17.7 Å². The van der Waals surface area contributed by atoms with E-state index in [1.807, 2.05) is 211 Å². The van der Waals surface area contributed by atoms with Gasteiger partial charge in [0.2, 0.25) is 5.91 Å². The number of anilines is 3. The van der Waals surface area contributed by atoms with Crippen LogP contribution in [0.3, 0.4) is 0 Å². The van der Waals surface area contributed by atoms with Crippen molar-refractivity contribution in [2.75, 3.05) is 30.2 Å². The number of furan rings is 6. The summed E-state index contributed by atoms with van der Waals surface area (Å²) in [4.78, 5) is 58.1. The van der Waals surface area contributed by atoms with Crippen molar-refractivity contribution in [3.05, 3.63) is 275 Å². The van der Waals surface area contributed by atoms with Crippen LogP contribution in [0.25, 0.3) is 72.8 Å². The minimum absolute atomic E-state index is 0.0680. The SMILES string of the molecule is CC(=O)Nc1ccc(-c2ccc(C)o2)cc1.CC(=O)c1ccc(-c2ccc(C)o2)cc1.COC(=O)Nc1ccc(-c2ccc(C)o2)cc1.COC(=O)c1ccc(-c2ccc(C)o2)cc1.Cc1ccc(-c2ccc(NC(N)=O)cc2)o1.[C-]#[N+]c1ccc(-c2ccc(C)o2)cc1. The molecule has 0 aliphatic carbocycles. The molecule has 5 N–H and O–H groups in total. The van der Waals surface area contributed by atoms with E-state index in [4.69, 9.17) is 38.8 Å². The highest BCUT2D eigenvalue weighted by Gasteiger charge is 2.10. The lowest BCUT2D eigenvalue weighted by Crippen LogP contribution is -2.19. The number of ketones is 1. The summed E-state index contributed by atoms with van der Waals surface area (Å²) in [5, 5.41) is 7.80. The van der Waals surface area contributed by atoms with Gasteiger partial charge < -0.3 is 52.3 Å². The van der Waals surface area contributed by atoms with Gasteiger partial charge in [0.1, 0.15) is 69.1 Å². The first kappa shape index (κ1) is 69.1. The molecule has 0 fully saturated rings. The van der Waals surface area contributed by atoms with Gasteiger partial charge in [-0.3, -0.25) is 14.9 Å². The standard InChI is InChI=1S/C13H13NO3.C13H13NO2.C13H12O3.C13H12O2.C12H12N2O2.C12H9NO/c1-9-3-8-12(17-9)10-4-6-11(7-5-10)14-13(15)16-2;1-9-3-8-13(16-9)11-4-6-12(7-5-11)14-10(2)15;1-9-3-8-12(16-9)10-4-6-11(7-5-10)13(14)15-2;1-9-3-8-13(15-9)12-6-4-11(5-7-12)10(2)14;1-8-2-7-11(16-8)9-3-5-10(6-4-9)14-12(13)15;1-9-3-8-12(14-9)10-4-6-11(13-2)7-5-10/h3-8H,1-2H3,(H,14,15);3-8H,1-2H3,(H,14,15);3-8H,1-2H3;3-8H,1-2H3;2-7H,1H3,(H3,13,14,15);3-8H,1H3. The normalized spacial score (nSPS) is 10.1. The van der Waals surface area contributed by atoms with Gasteiger partial charge in [0, 0.05) is 62.9 Å². The largest absolute Gasteiger partial charge is 0.465 e. The second kappa shape index (κ2) is 34.0. The molecular formula is C76H71N5O13. The molecule has 0 saturated heterocycles. The maximum atomic E-state index is 11.2. The number of benzene rings is 6. The minimum Gasteiger partial charge on any atom is -0.465 e. The molecule has 0 atom stereocenters. The molecule has 18 nitrogen and oxygen atoms in total. The van der Waals surface area contributed by atoms with E-state index in [9.17, 15) is 24.0 Å². The summed E-state index contributed by atoms with van der Waals surface area (Å²) >= 11 is 0. The van der Waals surface area contributed by atoms with E-state index in [1.54, 1.807) is 55.5 Å². The van der Waals surface area contributed by atoms with Gasteiger partial charge in [0.15, 0.2) is 11.5 Å². The van der Waals surface area contributed by atoms with Gasteiger partial charge in [-0.15, -0.1) is 0 Å². The molecule has 0 radical (unpaired) electrons. The highest BCUT2D eigenvalue weighted by Crippen LogP contribution is 2.29. The number of ether oxygens (including phenoxy) is 2. The summed E-state index contributed by atoms with van der Waals surface area (Å²) in [6, 6.07) is 66.6. The van der Waals surface area contributed by atoms with Crippen molar-refractivity contribution >= 4 is 52.5 Å². The fraction of sp³-hybridized carbons (Fsp3) is 0.132. The number of rotatable bonds is 11. The smallest absolute Gasteiger partial charge is 0.411 e. The Kier molecular flexibility index (Phi) is 25.0. The Labute approximate surface area is 544 Å². The number of nitrogens with two attached hydrogens (primary N) is 1. The molecule has 0 unspecified atom stereocenters. The van der Waals surface area contributed by atoms with Crippen LogP contribution in [0.4, 0.5) is 32.3 Å². The number of urea groups is 1. The molecule has 6 aromatic carbocycles. The number of hydrogen-bond acceptors (Lipinski definition) is 13. The molecule has 0 spiro atoms. The molecule has 6 aromatic heterocycles. The molecule has 6 heterocycles. The van der Waals surface area contributed by atoms with Crippen LogP contribution in [0.5, 0.6) is 0 Å². The first-order valence-electron chi connectivity index (χ1n) is 29.3. The first-order valence-corrected chi connectivity index (χ1v) is 29.3. The van der Waals surface area contributed by atoms with Crippen molar-refractivity contribution in [1.29, 1.82) is 0 Å². The average molecular weight is 1260 g/mol. The summed E-state index contributed by atoms with van der Waals surface area (Å²) in [5.41, 5.74) is 14.9. The number of Topliss-reactive ketones (excluding diaryl/α,β-unsaturated/α-hetero) is 1. The van der Waals surface area contributed by atoms with Gasteiger partial charge >= 0.3 is 18.1 Å². The molecule has 94 heavy (non-hydrogen) atoms. The van der Waals surface area contributed by atoms with Crippen LogP contribution in [0.15, 0.2) is 245 Å². The number of carbonyl (C=O) groups excluding carboxylic acids is 5. The molecular weight excluding hydrogens is 1190 g/mol. The fourth-order valence-electron chi connectivity index (χ4n) is 8.66. The van der Waals surface area contributed by atoms with Crippen LogP contribution in [0, 0.1) is 48.1 Å². The Bertz CT molecular complexity index is 4340. The van der Waals surface area contributed by atoms with E-state index < -0.39 is 12.1 Å². The average Bonchev–Trinajstić information content (AvgIpc) is 2.15. The third-order valence-corrected chi connectivity index (χ3v) is 13.4. The second-order valence-corrected chi connectivity index (χ2v) is 20.8. The van der Waals surface area contributed by atoms with E-state index in [2.05, 4.69) is 30.3 Å². The molecule has 0 aliphatic heterocycles. The number of primary amides is 1. The summed E-state index contributed by atoms with van der Waals surface area (Å²) < 4.78 is 42.0. The molecule has 12 aromatic rings. The lowest BCUT2D eigenvalue weighted by atomic mass is 10.1. The molecule has 18 heteroatoms. The van der Waals surface area contributed by atoms with E-state index in [0.717, 1.165) is 114 Å². The zero-order chi connectivity index (χ0) is 67.7. The Morgan fingerprint density at radius 1 is 0.351 bits per heavy atom. The number of nitrogens with zero attached hydrogens (tertiary/aromatic N) is 1. The van der Waals surface area contributed by atoms with Crippen LogP contribution >= 0.6 is 0 Å². The predicted molar refractivity (Wildman–Crippen MR) is 364 cm³/mol. The summed E-state index contributed by atoms with van der Waals surface area (Å²) in [6.45, 7) is 21.3. The minimum atomic E-state index is -0.568. The van der Waals surface area contributed by atoms with Crippen molar-refractivity contribution in [2.45, 2.75) is 55.4 Å². The maximum absolute atomic E-state index is 11.2. The summed E-state index contributed by atoms with van der Waals surface area (Å²) in [5.74, 6) is 9.91. The van der Waals surface area contributed by atoms with Crippen LogP contribution < -0.4 is 21.7 Å². The molecule has 0 bridgehead atoms. The lowest BCUT2D eigenvalue weighted by molar-refractivity contribution is -0.114. The topological polar surface area (TPSA) is 249 Å². The number of hydrogen-bond donors (Lipinski definition) is 4. The lowest BCUT2D eigenvalue weighted by Gasteiger charge is -2.04. The molecule has 12 rings (SSSR count). The van der Waals surface area contributed by atoms with Gasteiger partial charge in [-0.1, -0.05) is 60.7 Å². The number of aryl methyl sites for hydroxylation is 6. The van der Waals surface area contributed by atoms with Gasteiger partial charge in [-0.25, -0.2) is 19.2 Å². The second-order valence-electron chi connectivity index (χ2n) is 20.8. The molecule has 4 amide bonds. The van der Waals surface area contributed by atoms with Gasteiger partial charge in [-0.05, 0) is 206 Å². The third kappa shape index (κ3) is 21.4. The van der Waals surface area contributed by atoms with Gasteiger partial charge in [0.25, 0.3) is 0 Å². The zero-order valence-electron chi connectivity index (χ0n) is 53.6. The fourth-order valence-corrected chi connectivity index (χ4v) is 8.66.